The zero-order chi connectivity index (χ0) is 45.9. The number of benzene rings is 4. The molecule has 3 aromatic heterocycles. The summed E-state index contributed by atoms with van der Waals surface area (Å²) in [6, 6.07) is 30.3. The molecule has 0 radical (unpaired) electrons. The largest absolute Gasteiger partial charge is 0.497 e. The second-order valence-electron chi connectivity index (χ2n) is 15.0. The number of sulfonamides is 1. The van der Waals surface area contributed by atoms with Gasteiger partial charge in [-0.2, -0.15) is 4.31 Å². The predicted molar refractivity (Wildman–Crippen MR) is 239 cm³/mol. The number of nitrogens with two attached hydrogens (primary N) is 1. The second kappa shape index (κ2) is 18.4. The fourth-order valence-electron chi connectivity index (χ4n) is 7.47. The Morgan fingerprint density at radius 2 is 1.34 bits per heavy atom. The molecule has 1 fully saturated rings. The third-order valence-electron chi connectivity index (χ3n) is 11.1. The van der Waals surface area contributed by atoms with Crippen molar-refractivity contribution in [2.24, 2.45) is 0 Å². The number of methoxy groups -OCH3 is 3. The maximum absolute atomic E-state index is 16.1. The van der Waals surface area contributed by atoms with Crippen LogP contribution in [0.15, 0.2) is 131 Å². The van der Waals surface area contributed by atoms with Gasteiger partial charge in [0.25, 0.3) is 0 Å². The first-order chi connectivity index (χ1) is 31.3. The Balaban J connectivity index is 1.41. The zero-order valence-electron chi connectivity index (χ0n) is 35.3. The molecule has 1 saturated heterocycles. The molecular weight excluding hydrogens is 875 g/mol. The van der Waals surface area contributed by atoms with Crippen LogP contribution in [0.5, 0.6) is 17.2 Å². The molecule has 20 heteroatoms. The third-order valence-corrected chi connectivity index (χ3v) is 15.2. The van der Waals surface area contributed by atoms with E-state index in [9.17, 15) is 18.3 Å². The van der Waals surface area contributed by atoms with Crippen LogP contribution in [0, 0.1) is 0 Å². The molecule has 0 saturated carbocycles. The molecule has 334 valence electrons. The number of sulfone groups is 1. The highest BCUT2D eigenvalue weighted by Gasteiger charge is 2.45. The average Bonchev–Trinajstić information content (AvgIpc) is 3.76. The van der Waals surface area contributed by atoms with Crippen molar-refractivity contribution in [2.75, 3.05) is 40.2 Å². The topological polar surface area (TPSA) is 235 Å². The summed E-state index contributed by atoms with van der Waals surface area (Å²) in [5.74, 6) is 1.83. The summed E-state index contributed by atoms with van der Waals surface area (Å²) in [5, 5.41) is 21.1. The number of hydrogen-bond donors (Lipinski definition) is 2. The van der Waals surface area contributed by atoms with Crippen LogP contribution >= 0.6 is 0 Å². The van der Waals surface area contributed by atoms with E-state index in [2.05, 4.69) is 25.5 Å². The monoisotopic (exact) mass is 917 g/mol. The first kappa shape index (κ1) is 44.2. The molecule has 0 unspecified atom stereocenters. The lowest BCUT2D eigenvalue weighted by molar-refractivity contribution is 0.120. The fourth-order valence-corrected chi connectivity index (χ4v) is 11.5. The van der Waals surface area contributed by atoms with Gasteiger partial charge in [-0.15, -0.1) is 5.10 Å². The SMILES string of the molecule is COc1ccc(CN(Cc2ccc(OC)cc2)S(=O)(=O)c2c(S(=O)(=O)C3CN(C(=O)O)C3)ccc(-c3ccnc(-c4cccnc4N)c3)c2-c2nnnn2Cc2ccc(OC)cc2)cc1. The quantitative estimate of drug-likeness (QED) is 0.119. The summed E-state index contributed by atoms with van der Waals surface area (Å²) >= 11 is 0. The van der Waals surface area contributed by atoms with E-state index in [0.717, 1.165) is 10.5 Å². The molecule has 1 amide bonds. The highest BCUT2D eigenvalue weighted by molar-refractivity contribution is 7.94. The Kier molecular flexibility index (Phi) is 12.5. The molecule has 1 aliphatic heterocycles. The van der Waals surface area contributed by atoms with E-state index in [1.807, 2.05) is 0 Å². The molecule has 18 nitrogen and oxygen atoms in total. The van der Waals surface area contributed by atoms with E-state index in [-0.39, 0.29) is 55.5 Å². The number of amides is 1. The molecule has 4 heterocycles. The molecule has 0 spiro atoms. The highest BCUT2D eigenvalue weighted by atomic mass is 32.2. The van der Waals surface area contributed by atoms with Gasteiger partial charge in [-0.1, -0.05) is 42.5 Å². The van der Waals surface area contributed by atoms with Gasteiger partial charge in [-0.05, 0) is 105 Å². The third kappa shape index (κ3) is 9.04. The van der Waals surface area contributed by atoms with Crippen molar-refractivity contribution in [3.8, 4) is 51.0 Å². The van der Waals surface area contributed by atoms with Crippen molar-refractivity contribution in [1.29, 1.82) is 0 Å². The van der Waals surface area contributed by atoms with Crippen LogP contribution in [-0.2, 0) is 39.5 Å². The molecule has 8 rings (SSSR count). The summed E-state index contributed by atoms with van der Waals surface area (Å²) in [5.41, 5.74) is 9.59. The maximum atomic E-state index is 16.1. The molecule has 0 bridgehead atoms. The first-order valence-electron chi connectivity index (χ1n) is 20.0. The Morgan fingerprint density at radius 1 is 0.754 bits per heavy atom. The first-order valence-corrected chi connectivity index (χ1v) is 23.0. The van der Waals surface area contributed by atoms with Crippen molar-refractivity contribution < 1.29 is 40.9 Å². The number of tetrazole rings is 1. The van der Waals surface area contributed by atoms with Crippen LogP contribution in [0.4, 0.5) is 10.6 Å². The number of aromatic nitrogens is 6. The van der Waals surface area contributed by atoms with E-state index in [1.54, 1.807) is 110 Å². The van der Waals surface area contributed by atoms with Crippen LogP contribution in [0.3, 0.4) is 0 Å². The van der Waals surface area contributed by atoms with Crippen molar-refractivity contribution in [3.63, 3.8) is 0 Å². The van der Waals surface area contributed by atoms with Crippen molar-refractivity contribution in [1.82, 2.24) is 39.4 Å². The van der Waals surface area contributed by atoms with E-state index >= 15 is 8.42 Å². The molecule has 1 aliphatic rings. The van der Waals surface area contributed by atoms with E-state index in [1.165, 1.54) is 41.5 Å². The zero-order valence-corrected chi connectivity index (χ0v) is 37.0. The number of rotatable bonds is 16. The van der Waals surface area contributed by atoms with Crippen LogP contribution in [-0.4, -0.2) is 107 Å². The minimum Gasteiger partial charge on any atom is -0.497 e. The van der Waals surface area contributed by atoms with Crippen LogP contribution in [0.1, 0.15) is 16.7 Å². The Hall–Kier alpha value is -7.42. The van der Waals surface area contributed by atoms with Gasteiger partial charge in [0.15, 0.2) is 15.7 Å². The summed E-state index contributed by atoms with van der Waals surface area (Å²) in [6.07, 6.45) is 1.77. The lowest BCUT2D eigenvalue weighted by Gasteiger charge is -2.37. The van der Waals surface area contributed by atoms with Gasteiger partial charge in [0.1, 0.15) is 33.2 Å². The number of likely N-dealkylation sites (tertiary alicyclic amines) is 1. The Morgan fingerprint density at radius 3 is 1.89 bits per heavy atom. The van der Waals surface area contributed by atoms with Gasteiger partial charge in [0, 0.05) is 44.1 Å². The van der Waals surface area contributed by atoms with Crippen LogP contribution in [0.25, 0.3) is 33.8 Å². The smallest absolute Gasteiger partial charge is 0.407 e. The average molecular weight is 918 g/mol. The summed E-state index contributed by atoms with van der Waals surface area (Å²) in [6.45, 7) is -1.13. The number of carboxylic acid groups (broad SMARTS) is 1. The minimum atomic E-state index is -4.95. The van der Waals surface area contributed by atoms with Crippen LogP contribution in [0.2, 0.25) is 0 Å². The number of nitrogen functional groups attached to an aromatic ring is 1. The number of ether oxygens (including phenoxy) is 3. The van der Waals surface area contributed by atoms with Crippen LogP contribution < -0.4 is 19.9 Å². The fraction of sp³-hybridized carbons (Fsp3) is 0.200. The lowest BCUT2D eigenvalue weighted by atomic mass is 9.98. The number of nitrogens with zero attached hydrogens (tertiary/aromatic N) is 8. The van der Waals surface area contributed by atoms with Crippen molar-refractivity contribution >= 4 is 31.8 Å². The maximum Gasteiger partial charge on any atom is 0.407 e. The summed E-state index contributed by atoms with van der Waals surface area (Å²) in [4.78, 5) is 20.4. The van der Waals surface area contributed by atoms with Crippen molar-refractivity contribution in [2.45, 2.75) is 34.7 Å². The van der Waals surface area contributed by atoms with E-state index in [0.29, 0.717) is 45.2 Å². The molecule has 4 aromatic carbocycles. The Labute approximate surface area is 374 Å². The van der Waals surface area contributed by atoms with E-state index in [4.69, 9.17) is 19.9 Å². The standard InChI is InChI=1S/C45H43N9O9S2/c1-61-33-12-6-29(7-13-33)24-53(25-30-8-14-34(62-2)15-9-30)65(59,60)42-40(64(57,58)36-27-52(28-36)45(55)56)19-18-37(32-20-22-47-39(23-32)38-5-4-21-48-43(38)46)41(42)44-49-50-51-54(44)26-31-10-16-35(63-3)17-11-31/h4-23,36H,24-28H2,1-3H3,(H2,46,48)(H,55,56). The normalized spacial score (nSPS) is 13.1. The van der Waals surface area contributed by atoms with Gasteiger partial charge < -0.3 is 30.0 Å². The molecule has 0 atom stereocenters. The molecule has 65 heavy (non-hydrogen) atoms. The van der Waals surface area contributed by atoms with Gasteiger partial charge in [0.05, 0.1) is 44.0 Å². The Bertz CT molecular complexity index is 3020. The number of hydrogen-bond acceptors (Lipinski definition) is 14. The predicted octanol–water partition coefficient (Wildman–Crippen LogP) is 5.65. The summed E-state index contributed by atoms with van der Waals surface area (Å²) < 4.78 is 80.9. The molecular formula is C45H43N9O9S2. The molecule has 0 aliphatic carbocycles. The van der Waals surface area contributed by atoms with Gasteiger partial charge >= 0.3 is 6.09 Å². The van der Waals surface area contributed by atoms with Gasteiger partial charge in [-0.3, -0.25) is 4.98 Å². The number of anilines is 1. The molecule has 7 aromatic rings. The summed E-state index contributed by atoms with van der Waals surface area (Å²) in [7, 11) is -4.98. The number of carbonyl (C=O) groups is 1. The second-order valence-corrected chi connectivity index (χ2v) is 19.1. The van der Waals surface area contributed by atoms with Crippen molar-refractivity contribution in [3.05, 3.63) is 138 Å². The number of pyridine rings is 2. The van der Waals surface area contributed by atoms with E-state index < -0.39 is 41.0 Å². The van der Waals surface area contributed by atoms with Gasteiger partial charge in [-0.25, -0.2) is 31.3 Å². The van der Waals surface area contributed by atoms with Gasteiger partial charge in [0.2, 0.25) is 10.0 Å². The minimum absolute atomic E-state index is 0.0354. The highest BCUT2D eigenvalue weighted by Crippen LogP contribution is 2.44. The molecule has 3 N–H and O–H groups in total. The lowest BCUT2D eigenvalue weighted by Crippen LogP contribution is -2.56.